The first kappa shape index (κ1) is 10.2. The fourth-order valence-electron chi connectivity index (χ4n) is 1.92. The lowest BCUT2D eigenvalue weighted by Crippen LogP contribution is -2.30. The zero-order valence-electron chi connectivity index (χ0n) is 9.08. The van der Waals surface area contributed by atoms with Crippen molar-refractivity contribution in [3.63, 3.8) is 0 Å². The van der Waals surface area contributed by atoms with Crippen LogP contribution in [-0.4, -0.2) is 13.1 Å². The fourth-order valence-corrected chi connectivity index (χ4v) is 1.92. The Hall–Kier alpha value is -1.28. The molecule has 0 bridgehead atoms. The van der Waals surface area contributed by atoms with E-state index >= 15 is 0 Å². The van der Waals surface area contributed by atoms with Crippen molar-refractivity contribution in [2.45, 2.75) is 19.4 Å². The van der Waals surface area contributed by atoms with Crippen LogP contribution in [0.1, 0.15) is 18.4 Å². The van der Waals surface area contributed by atoms with E-state index < -0.39 is 0 Å². The first-order valence-electron chi connectivity index (χ1n) is 5.50. The normalized spacial score (nSPS) is 16.9. The van der Waals surface area contributed by atoms with Gasteiger partial charge in [0.15, 0.2) is 0 Å². The molecule has 15 heavy (non-hydrogen) atoms. The molecule has 1 aromatic carbocycles. The van der Waals surface area contributed by atoms with Gasteiger partial charge in [-0.05, 0) is 30.5 Å². The molecule has 1 aliphatic rings. The summed E-state index contributed by atoms with van der Waals surface area (Å²) in [5, 5.41) is 0. The Bertz CT molecular complexity index is 330. The highest BCUT2D eigenvalue weighted by Gasteiger charge is 2.12. The smallest absolute Gasteiger partial charge is 0.0366 e. The predicted octanol–water partition coefficient (Wildman–Crippen LogP) is 2.30. The van der Waals surface area contributed by atoms with Crippen molar-refractivity contribution < 1.29 is 0 Å². The molecule has 1 heterocycles. The van der Waals surface area contributed by atoms with E-state index in [1.807, 2.05) is 0 Å². The minimum Gasteiger partial charge on any atom is -0.371 e. The topological polar surface area (TPSA) is 29.3 Å². The van der Waals surface area contributed by atoms with Gasteiger partial charge in [-0.3, -0.25) is 0 Å². The summed E-state index contributed by atoms with van der Waals surface area (Å²) in [6, 6.07) is 8.55. The van der Waals surface area contributed by atoms with Gasteiger partial charge in [0, 0.05) is 25.3 Å². The first-order valence-corrected chi connectivity index (χ1v) is 5.50. The summed E-state index contributed by atoms with van der Waals surface area (Å²) < 4.78 is 0. The Labute approximate surface area is 91.4 Å². The van der Waals surface area contributed by atoms with Gasteiger partial charge in [-0.25, -0.2) is 0 Å². The molecule has 0 saturated carbocycles. The lowest BCUT2D eigenvalue weighted by molar-refractivity contribution is 0.687. The molecule has 0 amide bonds. The summed E-state index contributed by atoms with van der Waals surface area (Å²) >= 11 is 0. The van der Waals surface area contributed by atoms with Gasteiger partial charge < -0.3 is 10.6 Å². The second-order valence-electron chi connectivity index (χ2n) is 4.11. The van der Waals surface area contributed by atoms with E-state index in [1.54, 1.807) is 0 Å². The third-order valence-corrected chi connectivity index (χ3v) is 3.01. The molecule has 2 nitrogen and oxygen atoms in total. The number of hydrogen-bond acceptors (Lipinski definition) is 2. The fraction of sp³-hybridized carbons (Fsp3) is 0.385. The highest BCUT2D eigenvalue weighted by molar-refractivity contribution is 5.48. The van der Waals surface area contributed by atoms with Crippen LogP contribution >= 0.6 is 0 Å². The van der Waals surface area contributed by atoms with Crippen LogP contribution in [0.4, 0.5) is 5.69 Å². The van der Waals surface area contributed by atoms with Gasteiger partial charge >= 0.3 is 0 Å². The molecule has 0 unspecified atom stereocenters. The maximum atomic E-state index is 5.57. The Morgan fingerprint density at radius 3 is 2.27 bits per heavy atom. The van der Waals surface area contributed by atoms with Gasteiger partial charge in [0.05, 0.1) is 0 Å². The van der Waals surface area contributed by atoms with Crippen molar-refractivity contribution in [3.05, 3.63) is 42.0 Å². The van der Waals surface area contributed by atoms with E-state index in [2.05, 4.69) is 35.7 Å². The van der Waals surface area contributed by atoms with Crippen LogP contribution in [0, 0.1) is 0 Å². The van der Waals surface area contributed by atoms with Crippen LogP contribution in [0.15, 0.2) is 36.4 Å². The molecular weight excluding hydrogens is 184 g/mol. The second kappa shape index (κ2) is 4.49. The van der Waals surface area contributed by atoms with Crippen LogP contribution in [0.25, 0.3) is 0 Å². The van der Waals surface area contributed by atoms with E-state index in [0.717, 1.165) is 25.9 Å². The van der Waals surface area contributed by atoms with Gasteiger partial charge in [-0.15, -0.1) is 0 Å². The molecule has 0 radical (unpaired) electrons. The first-order chi connectivity index (χ1) is 7.29. The molecule has 2 N–H and O–H groups in total. The maximum Gasteiger partial charge on any atom is 0.0366 e. The molecule has 2 rings (SSSR count). The lowest BCUT2D eigenvalue weighted by Gasteiger charge is -2.30. The molecule has 1 saturated heterocycles. The maximum absolute atomic E-state index is 5.57. The summed E-state index contributed by atoms with van der Waals surface area (Å²) in [6.07, 6.45) is 2.25. The number of hydrogen-bond donors (Lipinski definition) is 1. The van der Waals surface area contributed by atoms with Crippen molar-refractivity contribution in [2.24, 2.45) is 5.73 Å². The van der Waals surface area contributed by atoms with Crippen molar-refractivity contribution >= 4 is 5.69 Å². The summed E-state index contributed by atoms with van der Waals surface area (Å²) in [5.41, 5.74) is 9.45. The predicted molar refractivity (Wildman–Crippen MR) is 64.9 cm³/mol. The number of nitrogens with zero attached hydrogens (tertiary/aromatic N) is 1. The van der Waals surface area contributed by atoms with E-state index in [4.69, 9.17) is 5.73 Å². The van der Waals surface area contributed by atoms with E-state index in [-0.39, 0.29) is 0 Å². The largest absolute Gasteiger partial charge is 0.371 e. The number of anilines is 1. The average molecular weight is 202 g/mol. The Balaban J connectivity index is 2.06. The zero-order chi connectivity index (χ0) is 10.7. The Morgan fingerprint density at radius 1 is 1.13 bits per heavy atom. The van der Waals surface area contributed by atoms with Crippen LogP contribution in [0.2, 0.25) is 0 Å². The van der Waals surface area contributed by atoms with E-state index in [1.165, 1.54) is 16.8 Å². The molecule has 1 fully saturated rings. The molecule has 80 valence electrons. The lowest BCUT2D eigenvalue weighted by atomic mass is 10.1. The average Bonchev–Trinajstić information content (AvgIpc) is 2.30. The molecular formula is C13H18N2. The number of piperidine rings is 1. The molecule has 1 aliphatic heterocycles. The number of benzene rings is 1. The van der Waals surface area contributed by atoms with Crippen molar-refractivity contribution in [2.75, 3.05) is 18.0 Å². The summed E-state index contributed by atoms with van der Waals surface area (Å²) in [4.78, 5) is 2.41. The monoisotopic (exact) mass is 202 g/mol. The van der Waals surface area contributed by atoms with Gasteiger partial charge in [-0.1, -0.05) is 24.3 Å². The Morgan fingerprint density at radius 2 is 1.73 bits per heavy atom. The van der Waals surface area contributed by atoms with Crippen LogP contribution in [0.3, 0.4) is 0 Å². The van der Waals surface area contributed by atoms with Crippen molar-refractivity contribution in [1.29, 1.82) is 0 Å². The molecule has 0 atom stereocenters. The van der Waals surface area contributed by atoms with Gasteiger partial charge in [0.2, 0.25) is 0 Å². The van der Waals surface area contributed by atoms with Crippen molar-refractivity contribution in [3.8, 4) is 0 Å². The van der Waals surface area contributed by atoms with Gasteiger partial charge in [0.1, 0.15) is 0 Å². The Kier molecular flexibility index (Phi) is 3.07. The van der Waals surface area contributed by atoms with E-state index in [9.17, 15) is 0 Å². The third kappa shape index (κ3) is 2.39. The highest BCUT2D eigenvalue weighted by atomic mass is 15.1. The van der Waals surface area contributed by atoms with E-state index in [0.29, 0.717) is 6.54 Å². The molecule has 2 heteroatoms. The quantitative estimate of drug-likeness (QED) is 0.746. The second-order valence-corrected chi connectivity index (χ2v) is 4.11. The minimum atomic E-state index is 0.622. The molecule has 0 aliphatic carbocycles. The van der Waals surface area contributed by atoms with Crippen LogP contribution < -0.4 is 10.6 Å². The molecule has 0 aromatic heterocycles. The number of nitrogens with two attached hydrogens (primary N) is 1. The highest BCUT2D eigenvalue weighted by Crippen LogP contribution is 2.21. The zero-order valence-corrected chi connectivity index (χ0v) is 9.08. The van der Waals surface area contributed by atoms with Crippen LogP contribution in [0.5, 0.6) is 0 Å². The summed E-state index contributed by atoms with van der Waals surface area (Å²) in [5.74, 6) is 0. The standard InChI is InChI=1S/C13H18N2/c1-11-6-8-15(9-7-11)13-4-2-12(10-14)3-5-13/h2-5H,1,6-10,14H2. The third-order valence-electron chi connectivity index (χ3n) is 3.01. The summed E-state index contributed by atoms with van der Waals surface area (Å²) in [6.45, 7) is 6.84. The van der Waals surface area contributed by atoms with Gasteiger partial charge in [0.25, 0.3) is 0 Å². The SMILES string of the molecule is C=C1CCN(c2ccc(CN)cc2)CC1. The molecule has 0 spiro atoms. The number of rotatable bonds is 2. The summed E-state index contributed by atoms with van der Waals surface area (Å²) in [7, 11) is 0. The van der Waals surface area contributed by atoms with Crippen molar-refractivity contribution in [1.82, 2.24) is 0 Å². The van der Waals surface area contributed by atoms with Gasteiger partial charge in [-0.2, -0.15) is 0 Å². The van der Waals surface area contributed by atoms with Crippen LogP contribution in [-0.2, 0) is 6.54 Å². The molecule has 1 aromatic rings. The minimum absolute atomic E-state index is 0.622.